The van der Waals surface area contributed by atoms with Gasteiger partial charge in [-0.25, -0.2) is 0 Å². The Hall–Kier alpha value is -1.81. The van der Waals surface area contributed by atoms with E-state index in [1.54, 1.807) is 39.8 Å². The van der Waals surface area contributed by atoms with E-state index in [9.17, 15) is 19.5 Å². The summed E-state index contributed by atoms with van der Waals surface area (Å²) in [5.41, 5.74) is 1.39. The number of fused-ring (bicyclic) bond motifs is 1. The van der Waals surface area contributed by atoms with E-state index in [0.29, 0.717) is 30.0 Å². The van der Waals surface area contributed by atoms with E-state index >= 15 is 0 Å². The monoisotopic (exact) mass is 666 g/mol. The van der Waals surface area contributed by atoms with Crippen LogP contribution in [0.1, 0.15) is 45.1 Å². The SMILES string of the molecule is C=CCCCOC(=O)[C@H]1[C@H]2C(=O)N([C@@H](CO)[C@@H](C)CC)C(C(=O)N(CC=C)c3c(C)cccc3Cl)C23CC(Br)[C@@H]1S3. The summed E-state index contributed by atoms with van der Waals surface area (Å²) in [7, 11) is 0. The number of carbonyl (C=O) groups is 3. The normalized spacial score (nSPS) is 29.7. The molecule has 2 bridgehead atoms. The highest BCUT2D eigenvalue weighted by molar-refractivity contribution is 9.09. The molecule has 41 heavy (non-hydrogen) atoms. The molecule has 3 aliphatic rings. The Bertz CT molecular complexity index is 1180. The number of aliphatic hydroxyl groups is 1. The van der Waals surface area contributed by atoms with Crippen LogP contribution in [0.15, 0.2) is 43.5 Å². The summed E-state index contributed by atoms with van der Waals surface area (Å²) in [5, 5.41) is 10.8. The van der Waals surface area contributed by atoms with Crippen LogP contribution in [-0.4, -0.2) is 74.5 Å². The van der Waals surface area contributed by atoms with Crippen molar-refractivity contribution in [1.29, 1.82) is 0 Å². The number of rotatable bonds is 13. The van der Waals surface area contributed by atoms with Crippen LogP contribution in [-0.2, 0) is 19.1 Å². The van der Waals surface area contributed by atoms with E-state index in [-0.39, 0.29) is 47.6 Å². The van der Waals surface area contributed by atoms with Crippen molar-refractivity contribution >= 4 is 62.8 Å². The highest BCUT2D eigenvalue weighted by Gasteiger charge is 2.77. The fourth-order valence-electron chi connectivity index (χ4n) is 6.82. The third-order valence-corrected chi connectivity index (χ3v) is 12.4. The maximum atomic E-state index is 14.9. The highest BCUT2D eigenvalue weighted by atomic mass is 79.9. The van der Waals surface area contributed by atoms with Gasteiger partial charge in [-0.05, 0) is 43.7 Å². The molecule has 0 saturated carbocycles. The number of amides is 2. The molecule has 224 valence electrons. The Balaban J connectivity index is 1.83. The Labute approximate surface area is 260 Å². The van der Waals surface area contributed by atoms with Crippen molar-refractivity contribution in [3.8, 4) is 0 Å². The van der Waals surface area contributed by atoms with Crippen LogP contribution >= 0.6 is 39.3 Å². The van der Waals surface area contributed by atoms with Gasteiger partial charge in [0.15, 0.2) is 0 Å². The van der Waals surface area contributed by atoms with Gasteiger partial charge in [-0.15, -0.1) is 24.9 Å². The van der Waals surface area contributed by atoms with Crippen LogP contribution < -0.4 is 4.90 Å². The number of alkyl halides is 1. The van der Waals surface area contributed by atoms with Crippen LogP contribution in [0, 0.1) is 24.7 Å². The fourth-order valence-corrected chi connectivity index (χ4v) is 10.7. The molecular weight excluding hydrogens is 628 g/mol. The third kappa shape index (κ3) is 5.52. The second-order valence-electron chi connectivity index (χ2n) is 11.3. The van der Waals surface area contributed by atoms with Crippen molar-refractivity contribution in [2.45, 2.75) is 73.4 Å². The molecular formula is C31H40BrClN2O5S. The minimum atomic E-state index is -0.907. The average Bonchev–Trinajstić information content (AvgIpc) is 3.54. The number of likely N-dealkylation sites (tertiary alicyclic amines) is 1. The Morgan fingerprint density at radius 3 is 2.71 bits per heavy atom. The van der Waals surface area contributed by atoms with Crippen molar-refractivity contribution in [2.75, 3.05) is 24.7 Å². The van der Waals surface area contributed by atoms with E-state index in [4.69, 9.17) is 16.3 Å². The zero-order valence-corrected chi connectivity index (χ0v) is 27.1. The van der Waals surface area contributed by atoms with Crippen molar-refractivity contribution < 1.29 is 24.2 Å². The smallest absolute Gasteiger partial charge is 0.310 e. The zero-order valence-electron chi connectivity index (χ0n) is 23.9. The summed E-state index contributed by atoms with van der Waals surface area (Å²) >= 11 is 12.0. The third-order valence-electron chi connectivity index (χ3n) is 8.91. The number of unbranched alkanes of at least 4 members (excludes halogenated alkanes) is 1. The number of para-hydroxylation sites is 1. The first-order chi connectivity index (χ1) is 19.6. The van der Waals surface area contributed by atoms with E-state index in [2.05, 4.69) is 29.1 Å². The number of aryl methyl sites for hydroxylation is 1. The molecule has 0 aromatic heterocycles. The minimum Gasteiger partial charge on any atom is -0.465 e. The van der Waals surface area contributed by atoms with Gasteiger partial charge in [0.25, 0.3) is 5.91 Å². The molecule has 1 N–H and O–H groups in total. The standard InChI is InChI=1S/C31H40BrClN2O5S/c1-6-9-10-15-40-30(39)23-24-28(37)35(22(17-36)18(4)8-3)27(31(24)16-20(32)26(23)41-31)29(38)34(14-7-2)25-19(5)12-11-13-21(25)33/h6-7,11-13,18,20,22-24,26-27,36H,1-2,8-10,14-17H2,3-5H3/t18-,20?,22-,23-,24-,26-,27?,31?/m0/s1. The topological polar surface area (TPSA) is 87.1 Å². The largest absolute Gasteiger partial charge is 0.465 e. The van der Waals surface area contributed by atoms with Crippen molar-refractivity contribution in [3.05, 3.63) is 54.1 Å². The molecule has 1 spiro atoms. The van der Waals surface area contributed by atoms with Crippen LogP contribution in [0.4, 0.5) is 5.69 Å². The molecule has 1 aromatic carbocycles. The summed E-state index contributed by atoms with van der Waals surface area (Å²) in [4.78, 5) is 46.1. The number of allylic oxidation sites excluding steroid dienone is 1. The van der Waals surface area contributed by atoms with Crippen LogP contribution in [0.3, 0.4) is 0 Å². The highest BCUT2D eigenvalue weighted by Crippen LogP contribution is 2.68. The van der Waals surface area contributed by atoms with Gasteiger partial charge in [0, 0.05) is 16.6 Å². The molecule has 3 saturated heterocycles. The Kier molecular flexibility index (Phi) is 10.4. The molecule has 8 atom stereocenters. The van der Waals surface area contributed by atoms with E-state index in [1.807, 2.05) is 32.9 Å². The molecule has 3 heterocycles. The molecule has 4 rings (SSSR count). The van der Waals surface area contributed by atoms with Gasteiger partial charge in [0.1, 0.15) is 6.04 Å². The van der Waals surface area contributed by atoms with Crippen molar-refractivity contribution in [2.24, 2.45) is 17.8 Å². The molecule has 0 aliphatic carbocycles. The van der Waals surface area contributed by atoms with Crippen LogP contribution in [0.25, 0.3) is 0 Å². The first kappa shape index (κ1) is 32.1. The number of ether oxygens (including phenoxy) is 1. The summed E-state index contributed by atoms with van der Waals surface area (Å²) in [6, 6.07) is 3.97. The molecule has 0 radical (unpaired) electrons. The number of hydrogen-bond acceptors (Lipinski definition) is 6. The number of nitrogens with zero attached hydrogens (tertiary/aromatic N) is 2. The number of halogens is 2. The first-order valence-corrected chi connectivity index (χ1v) is 16.5. The summed E-state index contributed by atoms with van der Waals surface area (Å²) in [5.74, 6) is -2.45. The van der Waals surface area contributed by atoms with Gasteiger partial charge >= 0.3 is 5.97 Å². The summed E-state index contributed by atoms with van der Waals surface area (Å²) < 4.78 is 4.82. The van der Waals surface area contributed by atoms with E-state index < -0.39 is 34.6 Å². The minimum absolute atomic E-state index is 0.0735. The lowest BCUT2D eigenvalue weighted by molar-refractivity contribution is -0.154. The lowest BCUT2D eigenvalue weighted by Gasteiger charge is -2.41. The van der Waals surface area contributed by atoms with Crippen molar-refractivity contribution in [3.63, 3.8) is 0 Å². The number of aliphatic hydroxyl groups excluding tert-OH is 1. The number of hydrogen-bond donors (Lipinski definition) is 1. The summed E-state index contributed by atoms with van der Waals surface area (Å²) in [6.45, 7) is 13.6. The number of carbonyl (C=O) groups excluding carboxylic acids is 3. The van der Waals surface area contributed by atoms with Crippen molar-refractivity contribution in [1.82, 2.24) is 4.90 Å². The predicted octanol–water partition coefficient (Wildman–Crippen LogP) is 5.55. The molecule has 3 fully saturated rings. The van der Waals surface area contributed by atoms with E-state index in [0.717, 1.165) is 12.0 Å². The lowest BCUT2D eigenvalue weighted by atomic mass is 9.71. The second-order valence-corrected chi connectivity index (χ2v) is 14.4. The molecule has 10 heteroatoms. The predicted molar refractivity (Wildman–Crippen MR) is 169 cm³/mol. The summed E-state index contributed by atoms with van der Waals surface area (Å²) in [6.07, 6.45) is 6.04. The molecule has 2 amide bonds. The van der Waals surface area contributed by atoms with Gasteiger partial charge < -0.3 is 19.6 Å². The van der Waals surface area contributed by atoms with Gasteiger partial charge in [0.2, 0.25) is 5.91 Å². The lowest BCUT2D eigenvalue weighted by Crippen LogP contribution is -2.59. The molecule has 3 unspecified atom stereocenters. The Morgan fingerprint density at radius 1 is 1.37 bits per heavy atom. The maximum Gasteiger partial charge on any atom is 0.310 e. The average molecular weight is 668 g/mol. The van der Waals surface area contributed by atoms with E-state index in [1.165, 1.54) is 0 Å². The maximum absolute atomic E-state index is 14.9. The zero-order chi connectivity index (χ0) is 30.1. The number of thioether (sulfide) groups is 1. The van der Waals surface area contributed by atoms with Gasteiger partial charge in [-0.2, -0.15) is 0 Å². The first-order valence-electron chi connectivity index (χ1n) is 14.3. The van der Waals surface area contributed by atoms with Crippen LogP contribution in [0.5, 0.6) is 0 Å². The Morgan fingerprint density at radius 2 is 2.10 bits per heavy atom. The van der Waals surface area contributed by atoms with Gasteiger partial charge in [-0.1, -0.05) is 72.1 Å². The number of benzene rings is 1. The van der Waals surface area contributed by atoms with Gasteiger partial charge in [-0.3, -0.25) is 14.4 Å². The molecule has 7 nitrogen and oxygen atoms in total. The number of anilines is 1. The fraction of sp³-hybridized carbons (Fsp3) is 0.581. The molecule has 3 aliphatic heterocycles. The quantitative estimate of drug-likeness (QED) is 0.129. The number of esters is 1. The van der Waals surface area contributed by atoms with Crippen LogP contribution in [0.2, 0.25) is 5.02 Å². The molecule has 1 aromatic rings. The van der Waals surface area contributed by atoms with Gasteiger partial charge in [0.05, 0.1) is 46.5 Å². The second kappa shape index (κ2) is 13.2.